The van der Waals surface area contributed by atoms with Crippen molar-refractivity contribution in [2.24, 2.45) is 0 Å². The number of benzene rings is 1. The highest BCUT2D eigenvalue weighted by Gasteiger charge is 2.15. The van der Waals surface area contributed by atoms with Crippen LogP contribution in [0.15, 0.2) is 18.2 Å². The summed E-state index contributed by atoms with van der Waals surface area (Å²) in [6, 6.07) is 5.95. The maximum atomic E-state index is 11.4. The van der Waals surface area contributed by atoms with Crippen molar-refractivity contribution in [1.82, 2.24) is 0 Å². The van der Waals surface area contributed by atoms with E-state index in [1.165, 1.54) is 0 Å². The minimum Gasteiger partial charge on any atom is -0.496 e. The molecule has 0 N–H and O–H groups in total. The van der Waals surface area contributed by atoms with Crippen molar-refractivity contribution in [3.05, 3.63) is 29.3 Å². The molecule has 0 fully saturated rings. The SMILES string of the molecule is CCOC(=O)CCC(Cl)c1ccc(OC)c(C(C)C)c1. The van der Waals surface area contributed by atoms with E-state index < -0.39 is 0 Å². The van der Waals surface area contributed by atoms with Crippen LogP contribution in [0.2, 0.25) is 0 Å². The third-order valence-corrected chi connectivity index (χ3v) is 3.61. The molecule has 0 spiro atoms. The van der Waals surface area contributed by atoms with Crippen LogP contribution in [0.5, 0.6) is 5.75 Å². The van der Waals surface area contributed by atoms with Gasteiger partial charge in [0.1, 0.15) is 5.75 Å². The number of alkyl halides is 1. The summed E-state index contributed by atoms with van der Waals surface area (Å²) in [6.45, 7) is 6.44. The Hall–Kier alpha value is -1.22. The van der Waals surface area contributed by atoms with Crippen molar-refractivity contribution in [2.45, 2.75) is 44.9 Å². The van der Waals surface area contributed by atoms with Gasteiger partial charge in [0.05, 0.1) is 19.1 Å². The molecule has 1 aromatic carbocycles. The van der Waals surface area contributed by atoms with E-state index in [9.17, 15) is 4.79 Å². The monoisotopic (exact) mass is 298 g/mol. The molecule has 0 saturated heterocycles. The minimum atomic E-state index is -0.198. The fourth-order valence-corrected chi connectivity index (χ4v) is 2.29. The van der Waals surface area contributed by atoms with Gasteiger partial charge in [-0.1, -0.05) is 26.0 Å². The van der Waals surface area contributed by atoms with Crippen molar-refractivity contribution in [1.29, 1.82) is 0 Å². The molecule has 4 heteroatoms. The third-order valence-electron chi connectivity index (χ3n) is 3.14. The van der Waals surface area contributed by atoms with E-state index in [0.29, 0.717) is 25.4 Å². The minimum absolute atomic E-state index is 0.192. The topological polar surface area (TPSA) is 35.5 Å². The predicted molar refractivity (Wildman–Crippen MR) is 81.5 cm³/mol. The van der Waals surface area contributed by atoms with Crippen LogP contribution < -0.4 is 4.74 Å². The van der Waals surface area contributed by atoms with E-state index in [0.717, 1.165) is 16.9 Å². The van der Waals surface area contributed by atoms with Crippen LogP contribution in [0.3, 0.4) is 0 Å². The van der Waals surface area contributed by atoms with Gasteiger partial charge in [-0.05, 0) is 36.5 Å². The van der Waals surface area contributed by atoms with Gasteiger partial charge in [-0.2, -0.15) is 0 Å². The van der Waals surface area contributed by atoms with Gasteiger partial charge >= 0.3 is 5.97 Å². The average Bonchev–Trinajstić information content (AvgIpc) is 2.44. The molecule has 0 bridgehead atoms. The van der Waals surface area contributed by atoms with Crippen LogP contribution in [0.1, 0.15) is 56.0 Å². The Morgan fingerprint density at radius 2 is 2.05 bits per heavy atom. The Morgan fingerprint density at radius 1 is 1.35 bits per heavy atom. The van der Waals surface area contributed by atoms with Crippen molar-refractivity contribution in [2.75, 3.05) is 13.7 Å². The Morgan fingerprint density at radius 3 is 2.60 bits per heavy atom. The Labute approximate surface area is 126 Å². The molecule has 0 amide bonds. The highest BCUT2D eigenvalue weighted by molar-refractivity contribution is 6.20. The quantitative estimate of drug-likeness (QED) is 0.551. The van der Waals surface area contributed by atoms with Crippen LogP contribution in [-0.4, -0.2) is 19.7 Å². The molecular weight excluding hydrogens is 276 g/mol. The molecule has 0 heterocycles. The van der Waals surface area contributed by atoms with Gasteiger partial charge < -0.3 is 9.47 Å². The Bertz CT molecular complexity index is 443. The van der Waals surface area contributed by atoms with Crippen molar-refractivity contribution in [3.8, 4) is 5.75 Å². The molecular formula is C16H23ClO3. The molecule has 1 atom stereocenters. The lowest BCUT2D eigenvalue weighted by Crippen LogP contribution is -2.05. The van der Waals surface area contributed by atoms with Crippen molar-refractivity contribution in [3.63, 3.8) is 0 Å². The summed E-state index contributed by atoms with van der Waals surface area (Å²) >= 11 is 6.37. The highest BCUT2D eigenvalue weighted by atomic mass is 35.5. The largest absolute Gasteiger partial charge is 0.496 e. The lowest BCUT2D eigenvalue weighted by molar-refractivity contribution is -0.143. The molecule has 112 valence electrons. The molecule has 1 unspecified atom stereocenters. The zero-order valence-corrected chi connectivity index (χ0v) is 13.4. The number of esters is 1. The average molecular weight is 299 g/mol. The van der Waals surface area contributed by atoms with Crippen molar-refractivity contribution < 1.29 is 14.3 Å². The van der Waals surface area contributed by atoms with E-state index in [2.05, 4.69) is 19.9 Å². The summed E-state index contributed by atoms with van der Waals surface area (Å²) in [5.74, 6) is 1.03. The number of rotatable bonds is 7. The van der Waals surface area contributed by atoms with Crippen LogP contribution in [0.4, 0.5) is 0 Å². The van der Waals surface area contributed by atoms with Gasteiger partial charge in [-0.25, -0.2) is 0 Å². The van der Waals surface area contributed by atoms with E-state index >= 15 is 0 Å². The number of carbonyl (C=O) groups is 1. The number of halogens is 1. The van der Waals surface area contributed by atoms with E-state index in [4.69, 9.17) is 21.1 Å². The highest BCUT2D eigenvalue weighted by Crippen LogP contribution is 2.33. The molecule has 0 aromatic heterocycles. The van der Waals surface area contributed by atoms with Gasteiger partial charge in [-0.3, -0.25) is 4.79 Å². The maximum Gasteiger partial charge on any atom is 0.305 e. The second-order valence-electron chi connectivity index (χ2n) is 4.97. The van der Waals surface area contributed by atoms with Gasteiger partial charge in [0.15, 0.2) is 0 Å². The number of hydrogen-bond acceptors (Lipinski definition) is 3. The smallest absolute Gasteiger partial charge is 0.305 e. The van der Waals surface area contributed by atoms with Gasteiger partial charge in [-0.15, -0.1) is 11.6 Å². The lowest BCUT2D eigenvalue weighted by Gasteiger charge is -2.16. The molecule has 3 nitrogen and oxygen atoms in total. The first-order chi connectivity index (χ1) is 9.49. The molecule has 0 aliphatic heterocycles. The lowest BCUT2D eigenvalue weighted by atomic mass is 9.97. The first-order valence-corrected chi connectivity index (χ1v) is 7.40. The zero-order valence-electron chi connectivity index (χ0n) is 12.6. The molecule has 0 aliphatic rings. The third kappa shape index (κ3) is 4.71. The number of ether oxygens (including phenoxy) is 2. The van der Waals surface area contributed by atoms with Crippen LogP contribution in [0, 0.1) is 0 Å². The van der Waals surface area contributed by atoms with Crippen molar-refractivity contribution >= 4 is 17.6 Å². The summed E-state index contributed by atoms with van der Waals surface area (Å²) in [6.07, 6.45) is 0.912. The molecule has 0 aliphatic carbocycles. The Balaban J connectivity index is 2.75. The molecule has 1 rings (SSSR count). The number of carbonyl (C=O) groups excluding carboxylic acids is 1. The second kappa shape index (κ2) is 8.15. The summed E-state index contributed by atoms with van der Waals surface area (Å²) in [4.78, 5) is 11.4. The predicted octanol–water partition coefficient (Wildman–Crippen LogP) is 4.44. The van der Waals surface area contributed by atoms with Crippen LogP contribution >= 0.6 is 11.6 Å². The van der Waals surface area contributed by atoms with Crippen LogP contribution in [0.25, 0.3) is 0 Å². The molecule has 20 heavy (non-hydrogen) atoms. The summed E-state index contributed by atoms with van der Waals surface area (Å²) in [5, 5.41) is -0.192. The summed E-state index contributed by atoms with van der Waals surface area (Å²) in [5.41, 5.74) is 2.15. The summed E-state index contributed by atoms with van der Waals surface area (Å²) in [7, 11) is 1.67. The van der Waals surface area contributed by atoms with E-state index in [1.54, 1.807) is 14.0 Å². The standard InChI is InChI=1S/C16H23ClO3/c1-5-20-16(18)9-7-14(17)12-6-8-15(19-4)13(10-12)11(2)3/h6,8,10-11,14H,5,7,9H2,1-4H3. The fraction of sp³-hybridized carbons (Fsp3) is 0.562. The van der Waals surface area contributed by atoms with E-state index in [1.807, 2.05) is 12.1 Å². The molecule has 1 aromatic rings. The summed E-state index contributed by atoms with van der Waals surface area (Å²) < 4.78 is 10.3. The fourth-order valence-electron chi connectivity index (χ4n) is 2.04. The molecule has 0 saturated carbocycles. The number of methoxy groups -OCH3 is 1. The van der Waals surface area contributed by atoms with Gasteiger partial charge in [0.25, 0.3) is 0 Å². The molecule has 0 radical (unpaired) electrons. The van der Waals surface area contributed by atoms with E-state index in [-0.39, 0.29) is 11.3 Å². The Kier molecular flexibility index (Phi) is 6.86. The zero-order chi connectivity index (χ0) is 15.1. The normalized spacial score (nSPS) is 12.3. The number of hydrogen-bond donors (Lipinski definition) is 0. The second-order valence-corrected chi connectivity index (χ2v) is 5.49. The first-order valence-electron chi connectivity index (χ1n) is 6.97. The van der Waals surface area contributed by atoms with Gasteiger partial charge in [0.2, 0.25) is 0 Å². The van der Waals surface area contributed by atoms with Gasteiger partial charge in [0, 0.05) is 6.42 Å². The maximum absolute atomic E-state index is 11.4. The van der Waals surface area contributed by atoms with Crippen LogP contribution in [-0.2, 0) is 9.53 Å². The first kappa shape index (κ1) is 16.8.